The van der Waals surface area contributed by atoms with Crippen LogP contribution in [0.3, 0.4) is 0 Å². The summed E-state index contributed by atoms with van der Waals surface area (Å²) >= 11 is 1.57. The fourth-order valence-corrected chi connectivity index (χ4v) is 7.55. The molecule has 38 heavy (non-hydrogen) atoms. The number of hydrogen-bond donors (Lipinski definition) is 1. The number of likely N-dealkylation sites (tertiary alicyclic amines) is 1. The van der Waals surface area contributed by atoms with E-state index in [1.807, 2.05) is 30.5 Å². The molecule has 3 fully saturated rings. The van der Waals surface area contributed by atoms with Crippen molar-refractivity contribution in [3.8, 4) is 0 Å². The molecular weight excluding hydrogens is 509 g/mol. The Kier molecular flexibility index (Phi) is 7.75. The molecule has 1 aliphatic heterocycles. The highest BCUT2D eigenvalue weighted by Gasteiger charge is 2.47. The molecule has 2 aromatic carbocycles. The van der Waals surface area contributed by atoms with Gasteiger partial charge in [-0.3, -0.25) is 0 Å². The zero-order chi connectivity index (χ0) is 27.1. The third-order valence-corrected chi connectivity index (χ3v) is 9.18. The molecule has 206 valence electrons. The molecule has 0 aromatic heterocycles. The minimum atomic E-state index is -4.49. The van der Waals surface area contributed by atoms with Gasteiger partial charge in [-0.2, -0.15) is 13.2 Å². The maximum Gasteiger partial charge on any atom is 0.416 e. The first kappa shape index (κ1) is 27.4. The number of carbonyl (C=O) groups excluding carboxylic acids is 1. The summed E-state index contributed by atoms with van der Waals surface area (Å²) < 4.78 is 48.0. The van der Waals surface area contributed by atoms with Crippen molar-refractivity contribution in [2.75, 3.05) is 19.3 Å². The number of nitrogens with zero attached hydrogens (tertiary/aromatic N) is 1. The first-order chi connectivity index (χ1) is 18.0. The van der Waals surface area contributed by atoms with E-state index in [-0.39, 0.29) is 23.2 Å². The summed E-state index contributed by atoms with van der Waals surface area (Å²) in [6, 6.07) is 13.0. The lowest BCUT2D eigenvalue weighted by Crippen LogP contribution is -2.64. The molecule has 3 unspecified atom stereocenters. The van der Waals surface area contributed by atoms with Gasteiger partial charge in [-0.05, 0) is 85.4 Å². The SMILES string of the molecule is CSc1ccc(C(OC2CN(C(=O)NC34CC(C)CC(CC(C)C3)C4)C2)c2ccccc2C(F)(F)F)cc1. The summed E-state index contributed by atoms with van der Waals surface area (Å²) in [7, 11) is 0. The number of ether oxygens (including phenoxy) is 1. The van der Waals surface area contributed by atoms with Gasteiger partial charge in [-0.1, -0.05) is 44.2 Å². The number of carbonyl (C=O) groups is 1. The number of urea groups is 1. The molecule has 3 aliphatic rings. The average molecular weight is 547 g/mol. The van der Waals surface area contributed by atoms with E-state index in [9.17, 15) is 18.0 Å². The molecule has 4 nitrogen and oxygen atoms in total. The summed E-state index contributed by atoms with van der Waals surface area (Å²) in [6.07, 6.45) is 1.78. The van der Waals surface area contributed by atoms with Crippen LogP contribution in [-0.4, -0.2) is 41.9 Å². The zero-order valence-electron chi connectivity index (χ0n) is 22.3. The summed E-state index contributed by atoms with van der Waals surface area (Å²) in [4.78, 5) is 16.0. The van der Waals surface area contributed by atoms with Gasteiger partial charge in [-0.25, -0.2) is 4.79 Å². The molecule has 5 rings (SSSR count). The summed E-state index contributed by atoms with van der Waals surface area (Å²) in [6.45, 7) is 5.29. The van der Waals surface area contributed by atoms with Gasteiger partial charge in [0.2, 0.25) is 0 Å². The van der Waals surface area contributed by atoms with E-state index < -0.39 is 17.8 Å². The molecule has 2 amide bonds. The number of thioether (sulfide) groups is 1. The van der Waals surface area contributed by atoms with Crippen molar-refractivity contribution >= 4 is 17.8 Å². The molecular formula is C30H37F3N2O2S. The lowest BCUT2D eigenvalue weighted by Gasteiger charge is -2.51. The molecule has 2 aromatic rings. The molecule has 0 spiro atoms. The van der Waals surface area contributed by atoms with Gasteiger partial charge in [0.25, 0.3) is 0 Å². The van der Waals surface area contributed by atoms with E-state index in [2.05, 4.69) is 19.2 Å². The highest BCUT2D eigenvalue weighted by molar-refractivity contribution is 7.98. The van der Waals surface area contributed by atoms with Crippen molar-refractivity contribution < 1.29 is 22.7 Å². The predicted octanol–water partition coefficient (Wildman–Crippen LogP) is 7.53. The number of benzene rings is 2. The van der Waals surface area contributed by atoms with Gasteiger partial charge in [0.05, 0.1) is 24.8 Å². The van der Waals surface area contributed by atoms with E-state index in [4.69, 9.17) is 4.74 Å². The van der Waals surface area contributed by atoms with E-state index in [1.165, 1.54) is 25.0 Å². The number of fused-ring (bicyclic) bond motifs is 2. The smallest absolute Gasteiger partial charge is 0.362 e. The van der Waals surface area contributed by atoms with Gasteiger partial charge in [0.1, 0.15) is 6.10 Å². The third-order valence-electron chi connectivity index (χ3n) is 8.43. The Labute approximate surface area is 227 Å². The summed E-state index contributed by atoms with van der Waals surface area (Å²) in [5, 5.41) is 3.39. The second-order valence-corrected chi connectivity index (χ2v) is 12.7. The summed E-state index contributed by atoms with van der Waals surface area (Å²) in [5.74, 6) is 1.86. The number of hydrogen-bond acceptors (Lipinski definition) is 3. The van der Waals surface area contributed by atoms with Crippen LogP contribution in [0.1, 0.15) is 68.7 Å². The van der Waals surface area contributed by atoms with Crippen LogP contribution in [0, 0.1) is 17.8 Å². The van der Waals surface area contributed by atoms with Crippen LogP contribution in [0.15, 0.2) is 53.4 Å². The van der Waals surface area contributed by atoms with Crippen LogP contribution in [0.4, 0.5) is 18.0 Å². The summed E-state index contributed by atoms with van der Waals surface area (Å²) in [5.41, 5.74) is -0.0767. The molecule has 1 N–H and O–H groups in total. The van der Waals surface area contributed by atoms with Crippen LogP contribution in [0.25, 0.3) is 0 Å². The zero-order valence-corrected chi connectivity index (χ0v) is 23.1. The van der Waals surface area contributed by atoms with Crippen molar-refractivity contribution in [3.63, 3.8) is 0 Å². The molecule has 2 aliphatic carbocycles. The largest absolute Gasteiger partial charge is 0.416 e. The van der Waals surface area contributed by atoms with E-state index >= 15 is 0 Å². The van der Waals surface area contributed by atoms with Gasteiger partial charge >= 0.3 is 12.2 Å². The van der Waals surface area contributed by atoms with Crippen molar-refractivity contribution in [2.24, 2.45) is 17.8 Å². The second-order valence-electron chi connectivity index (χ2n) is 11.8. The first-order valence-electron chi connectivity index (χ1n) is 13.6. The Bertz CT molecular complexity index is 1110. The van der Waals surface area contributed by atoms with E-state index in [0.29, 0.717) is 36.4 Å². The van der Waals surface area contributed by atoms with Crippen LogP contribution in [0.2, 0.25) is 0 Å². The van der Waals surface area contributed by atoms with Gasteiger partial charge in [-0.15, -0.1) is 11.8 Å². The number of halogens is 3. The van der Waals surface area contributed by atoms with Crippen LogP contribution in [-0.2, 0) is 10.9 Å². The first-order valence-corrected chi connectivity index (χ1v) is 14.8. The van der Waals surface area contributed by atoms with Crippen LogP contribution < -0.4 is 5.32 Å². The number of alkyl halides is 3. The molecule has 2 saturated carbocycles. The Morgan fingerprint density at radius 3 is 2.26 bits per heavy atom. The lowest BCUT2D eigenvalue weighted by molar-refractivity contribution is -0.140. The monoisotopic (exact) mass is 546 g/mol. The highest BCUT2D eigenvalue weighted by atomic mass is 32.2. The minimum absolute atomic E-state index is 0.0802. The lowest BCUT2D eigenvalue weighted by atomic mass is 9.61. The molecule has 3 atom stereocenters. The van der Waals surface area contributed by atoms with Crippen molar-refractivity contribution in [2.45, 2.75) is 74.8 Å². The topological polar surface area (TPSA) is 41.6 Å². The standard InChI is InChI=1S/C30H37F3N2O2S/c1-19-12-21-13-20(2)15-29(14-19,16-21)34-28(36)35-17-23(18-35)37-27(22-8-10-24(38-3)11-9-22)25-6-4-5-7-26(25)30(31,32)33/h4-11,19-21,23,27H,12-18H2,1-3H3,(H,34,36). The second kappa shape index (κ2) is 10.8. The highest BCUT2D eigenvalue weighted by Crippen LogP contribution is 2.47. The normalized spacial score (nSPS) is 28.5. The van der Waals surface area contributed by atoms with Gasteiger partial charge < -0.3 is 15.0 Å². The molecule has 8 heteroatoms. The molecule has 2 bridgehead atoms. The predicted molar refractivity (Wildman–Crippen MR) is 144 cm³/mol. The fraction of sp³-hybridized carbons (Fsp3) is 0.567. The van der Waals surface area contributed by atoms with Crippen molar-refractivity contribution in [3.05, 3.63) is 65.2 Å². The molecule has 1 saturated heterocycles. The Hall–Kier alpha value is -2.19. The molecule has 1 heterocycles. The third kappa shape index (κ3) is 5.86. The Balaban J connectivity index is 1.29. The van der Waals surface area contributed by atoms with Crippen molar-refractivity contribution in [1.29, 1.82) is 0 Å². The van der Waals surface area contributed by atoms with Crippen molar-refractivity contribution in [1.82, 2.24) is 10.2 Å². The van der Waals surface area contributed by atoms with E-state index in [1.54, 1.807) is 22.7 Å². The maximum absolute atomic E-state index is 13.9. The quantitative estimate of drug-likeness (QED) is 0.381. The van der Waals surface area contributed by atoms with Gasteiger partial charge in [0, 0.05) is 10.4 Å². The Morgan fingerprint density at radius 1 is 1.03 bits per heavy atom. The van der Waals surface area contributed by atoms with Crippen LogP contribution in [0.5, 0.6) is 0 Å². The minimum Gasteiger partial charge on any atom is -0.362 e. The molecule has 0 radical (unpaired) electrons. The Morgan fingerprint density at radius 2 is 1.66 bits per heavy atom. The number of nitrogens with one attached hydrogen (secondary N) is 1. The number of amides is 2. The maximum atomic E-state index is 13.9. The fourth-order valence-electron chi connectivity index (χ4n) is 7.14. The number of rotatable bonds is 6. The van der Waals surface area contributed by atoms with Gasteiger partial charge in [0.15, 0.2) is 0 Å². The van der Waals surface area contributed by atoms with Crippen LogP contribution >= 0.6 is 11.8 Å². The average Bonchev–Trinajstić information content (AvgIpc) is 2.81. The van der Waals surface area contributed by atoms with E-state index in [0.717, 1.165) is 30.2 Å².